The molecule has 2 rings (SSSR count). The van der Waals surface area contributed by atoms with Gasteiger partial charge in [-0.15, -0.1) is 0 Å². The molecule has 0 unspecified atom stereocenters. The van der Waals surface area contributed by atoms with Crippen LogP contribution >= 0.6 is 0 Å². The lowest BCUT2D eigenvalue weighted by Gasteiger charge is -2.08. The highest BCUT2D eigenvalue weighted by Gasteiger charge is 2.10. The van der Waals surface area contributed by atoms with Crippen LogP contribution in [0.1, 0.15) is 22.8 Å². The van der Waals surface area contributed by atoms with Gasteiger partial charge in [0, 0.05) is 18.7 Å². The first kappa shape index (κ1) is 11.9. The Bertz CT molecular complexity index is 488. The Hall–Kier alpha value is -1.61. The normalized spacial score (nSPS) is 10.8. The fourth-order valence-electron chi connectivity index (χ4n) is 2.03. The van der Waals surface area contributed by atoms with E-state index in [1.807, 2.05) is 32.0 Å². The fraction of sp³-hybridized carbons (Fsp3) is 0.357. The van der Waals surface area contributed by atoms with Gasteiger partial charge in [-0.25, -0.2) is 4.98 Å². The van der Waals surface area contributed by atoms with Crippen LogP contribution in [0.25, 0.3) is 0 Å². The first-order valence-electron chi connectivity index (χ1n) is 5.89. The van der Waals surface area contributed by atoms with E-state index in [4.69, 9.17) is 5.11 Å². The summed E-state index contributed by atoms with van der Waals surface area (Å²) < 4.78 is 2.10. The average molecular weight is 230 g/mol. The van der Waals surface area contributed by atoms with E-state index in [-0.39, 0.29) is 6.61 Å². The number of nitrogens with zero attached hydrogens (tertiary/aromatic N) is 2. The minimum atomic E-state index is 0.151. The van der Waals surface area contributed by atoms with Crippen LogP contribution in [0.15, 0.2) is 30.3 Å². The van der Waals surface area contributed by atoms with E-state index >= 15 is 0 Å². The van der Waals surface area contributed by atoms with Gasteiger partial charge >= 0.3 is 0 Å². The monoisotopic (exact) mass is 230 g/mol. The van der Waals surface area contributed by atoms with Crippen LogP contribution in [0, 0.1) is 13.8 Å². The molecule has 2 aromatic rings. The molecule has 0 aliphatic rings. The number of hydrogen-bond acceptors (Lipinski definition) is 2. The molecule has 0 fully saturated rings. The number of aromatic nitrogens is 2. The molecule has 0 bridgehead atoms. The topological polar surface area (TPSA) is 38.0 Å². The Balaban J connectivity index is 2.29. The van der Waals surface area contributed by atoms with Crippen molar-refractivity contribution in [1.29, 1.82) is 0 Å². The summed E-state index contributed by atoms with van der Waals surface area (Å²) in [6.45, 7) is 4.83. The third-order valence-electron chi connectivity index (χ3n) is 3.07. The maximum Gasteiger partial charge on any atom is 0.113 e. The van der Waals surface area contributed by atoms with Gasteiger partial charge in [0.2, 0.25) is 0 Å². The second-order valence-corrected chi connectivity index (χ2v) is 4.24. The SMILES string of the molecule is Cc1nc(Cc2ccccc2)n(CCO)c1C. The Morgan fingerprint density at radius 1 is 1.18 bits per heavy atom. The predicted octanol–water partition coefficient (Wildman–Crippen LogP) is 2.08. The molecule has 17 heavy (non-hydrogen) atoms. The number of aliphatic hydroxyl groups is 1. The first-order valence-corrected chi connectivity index (χ1v) is 5.89. The molecule has 0 amide bonds. The van der Waals surface area contributed by atoms with E-state index in [1.54, 1.807) is 0 Å². The van der Waals surface area contributed by atoms with Gasteiger partial charge in [0.25, 0.3) is 0 Å². The number of imidazole rings is 1. The Labute approximate surface area is 102 Å². The fourth-order valence-corrected chi connectivity index (χ4v) is 2.03. The molecular weight excluding hydrogens is 212 g/mol. The van der Waals surface area contributed by atoms with E-state index in [0.717, 1.165) is 23.6 Å². The van der Waals surface area contributed by atoms with Gasteiger partial charge in [0.05, 0.1) is 12.3 Å². The summed E-state index contributed by atoms with van der Waals surface area (Å²) in [5.74, 6) is 1.03. The summed E-state index contributed by atoms with van der Waals surface area (Å²) in [4.78, 5) is 4.58. The van der Waals surface area contributed by atoms with Crippen LogP contribution in [0.2, 0.25) is 0 Å². The first-order chi connectivity index (χ1) is 8.22. The van der Waals surface area contributed by atoms with Crippen LogP contribution in [0.3, 0.4) is 0 Å². The van der Waals surface area contributed by atoms with Gasteiger partial charge in [0.1, 0.15) is 5.82 Å². The number of hydrogen-bond donors (Lipinski definition) is 1. The minimum Gasteiger partial charge on any atom is -0.395 e. The van der Waals surface area contributed by atoms with Crippen molar-refractivity contribution in [3.8, 4) is 0 Å². The Morgan fingerprint density at radius 2 is 1.88 bits per heavy atom. The lowest BCUT2D eigenvalue weighted by Crippen LogP contribution is -2.09. The summed E-state index contributed by atoms with van der Waals surface area (Å²) in [5.41, 5.74) is 3.44. The minimum absolute atomic E-state index is 0.151. The average Bonchev–Trinajstić information content (AvgIpc) is 2.59. The molecule has 0 saturated heterocycles. The standard InChI is InChI=1S/C14H18N2O/c1-11-12(2)16(8-9-17)14(15-11)10-13-6-4-3-5-7-13/h3-7,17H,8-10H2,1-2H3. The third-order valence-corrected chi connectivity index (χ3v) is 3.07. The molecule has 1 aromatic carbocycles. The highest BCUT2D eigenvalue weighted by atomic mass is 16.3. The van der Waals surface area contributed by atoms with Gasteiger partial charge in [-0.2, -0.15) is 0 Å². The summed E-state index contributed by atoms with van der Waals surface area (Å²) in [7, 11) is 0. The molecule has 0 saturated carbocycles. The lowest BCUT2D eigenvalue weighted by atomic mass is 10.1. The van der Waals surface area contributed by atoms with Crippen molar-refractivity contribution in [3.05, 3.63) is 53.1 Å². The van der Waals surface area contributed by atoms with Gasteiger partial charge < -0.3 is 9.67 Å². The molecule has 90 valence electrons. The Kier molecular flexibility index (Phi) is 3.59. The van der Waals surface area contributed by atoms with Crippen molar-refractivity contribution >= 4 is 0 Å². The molecule has 1 N–H and O–H groups in total. The summed E-state index contributed by atoms with van der Waals surface area (Å²) in [6, 6.07) is 10.3. The highest BCUT2D eigenvalue weighted by molar-refractivity contribution is 5.22. The van der Waals surface area contributed by atoms with Crippen LogP contribution in [0.5, 0.6) is 0 Å². The van der Waals surface area contributed by atoms with E-state index in [2.05, 4.69) is 21.7 Å². The molecule has 0 spiro atoms. The zero-order valence-electron chi connectivity index (χ0n) is 10.3. The maximum absolute atomic E-state index is 9.10. The van der Waals surface area contributed by atoms with E-state index in [9.17, 15) is 0 Å². The van der Waals surface area contributed by atoms with E-state index < -0.39 is 0 Å². The number of aryl methyl sites for hydroxylation is 1. The summed E-state index contributed by atoms with van der Waals surface area (Å²) in [5, 5.41) is 9.10. The molecule has 0 aliphatic heterocycles. The van der Waals surface area contributed by atoms with Gasteiger partial charge in [-0.05, 0) is 19.4 Å². The summed E-state index contributed by atoms with van der Waals surface area (Å²) in [6.07, 6.45) is 0.815. The van der Waals surface area contributed by atoms with Crippen molar-refractivity contribution < 1.29 is 5.11 Å². The zero-order valence-corrected chi connectivity index (χ0v) is 10.3. The van der Waals surface area contributed by atoms with Crippen LogP contribution in [-0.2, 0) is 13.0 Å². The van der Waals surface area contributed by atoms with E-state index in [0.29, 0.717) is 6.54 Å². The summed E-state index contributed by atoms with van der Waals surface area (Å²) >= 11 is 0. The lowest BCUT2D eigenvalue weighted by molar-refractivity contribution is 0.273. The van der Waals surface area contributed by atoms with Crippen LogP contribution in [0.4, 0.5) is 0 Å². The molecule has 0 radical (unpaired) electrons. The zero-order chi connectivity index (χ0) is 12.3. The van der Waals surface area contributed by atoms with Crippen molar-refractivity contribution in [2.75, 3.05) is 6.61 Å². The smallest absolute Gasteiger partial charge is 0.113 e. The van der Waals surface area contributed by atoms with Gasteiger partial charge in [-0.1, -0.05) is 30.3 Å². The second-order valence-electron chi connectivity index (χ2n) is 4.24. The van der Waals surface area contributed by atoms with Crippen molar-refractivity contribution in [2.45, 2.75) is 26.8 Å². The number of benzene rings is 1. The maximum atomic E-state index is 9.10. The number of aliphatic hydroxyl groups excluding tert-OH is 1. The molecule has 1 aromatic heterocycles. The van der Waals surface area contributed by atoms with Crippen LogP contribution < -0.4 is 0 Å². The molecular formula is C14H18N2O. The van der Waals surface area contributed by atoms with Crippen molar-refractivity contribution in [1.82, 2.24) is 9.55 Å². The van der Waals surface area contributed by atoms with Gasteiger partial charge in [-0.3, -0.25) is 0 Å². The third kappa shape index (κ3) is 2.56. The Morgan fingerprint density at radius 3 is 2.53 bits per heavy atom. The molecule has 0 aliphatic carbocycles. The predicted molar refractivity (Wildman–Crippen MR) is 68.0 cm³/mol. The quantitative estimate of drug-likeness (QED) is 0.873. The van der Waals surface area contributed by atoms with E-state index in [1.165, 1.54) is 5.56 Å². The highest BCUT2D eigenvalue weighted by Crippen LogP contribution is 2.14. The number of rotatable bonds is 4. The molecule has 0 atom stereocenters. The van der Waals surface area contributed by atoms with Crippen molar-refractivity contribution in [3.63, 3.8) is 0 Å². The molecule has 3 heteroatoms. The van der Waals surface area contributed by atoms with Crippen molar-refractivity contribution in [2.24, 2.45) is 0 Å². The van der Waals surface area contributed by atoms with Crippen LogP contribution in [-0.4, -0.2) is 21.3 Å². The molecule has 3 nitrogen and oxygen atoms in total. The largest absolute Gasteiger partial charge is 0.395 e. The second kappa shape index (κ2) is 5.15. The molecule has 1 heterocycles. The van der Waals surface area contributed by atoms with Gasteiger partial charge in [0.15, 0.2) is 0 Å².